The zero-order valence-corrected chi connectivity index (χ0v) is 22.5. The normalized spacial score (nSPS) is 19.0. The molecule has 0 bridgehead atoms. The topological polar surface area (TPSA) is 133 Å². The van der Waals surface area contributed by atoms with Crippen molar-refractivity contribution in [3.05, 3.63) is 40.7 Å². The van der Waals surface area contributed by atoms with Crippen molar-refractivity contribution in [2.75, 3.05) is 6.54 Å². The molecule has 4 N–H and O–H groups in total. The quantitative estimate of drug-likeness (QED) is 0.249. The second-order valence-electron chi connectivity index (χ2n) is 10.9. The third-order valence-corrected chi connectivity index (χ3v) is 6.54. The molecule has 11 heteroatoms. The van der Waals surface area contributed by atoms with Crippen LogP contribution in [0.15, 0.2) is 24.3 Å². The standard InChI is InChI=1S/C27H34ClFN4O5/c1-27(2,3)33-26(38)23(35)20(13-17-10-11-30-24(17)36)32-25(37)21(12-15-4-5-15)31-22(34)9-7-16-6-8-18(28)14-19(16)29/h6-9,14-15,17,20-21H,4-5,10-13H2,1-3H3,(H,30,36)(H,31,34)(H,32,37)(H,33,38)/b9-7+/t17?,20?,21-/m0/s1. The molecule has 206 valence electrons. The van der Waals surface area contributed by atoms with Crippen LogP contribution in [-0.4, -0.2) is 53.6 Å². The average Bonchev–Trinajstić information content (AvgIpc) is 3.55. The zero-order valence-electron chi connectivity index (χ0n) is 21.7. The number of benzene rings is 1. The third kappa shape index (κ3) is 8.93. The first-order chi connectivity index (χ1) is 17.8. The lowest BCUT2D eigenvalue weighted by atomic mass is 9.94. The first-order valence-corrected chi connectivity index (χ1v) is 13.1. The smallest absolute Gasteiger partial charge is 0.290 e. The molecule has 2 unspecified atom stereocenters. The molecule has 0 radical (unpaired) electrons. The van der Waals surface area contributed by atoms with Crippen LogP contribution in [0.4, 0.5) is 4.39 Å². The number of carbonyl (C=O) groups is 5. The van der Waals surface area contributed by atoms with Gasteiger partial charge in [0.2, 0.25) is 23.5 Å². The zero-order chi connectivity index (χ0) is 28.0. The minimum atomic E-state index is -1.24. The summed E-state index contributed by atoms with van der Waals surface area (Å²) in [4.78, 5) is 63.7. The predicted molar refractivity (Wildman–Crippen MR) is 140 cm³/mol. The van der Waals surface area contributed by atoms with Crippen molar-refractivity contribution in [1.82, 2.24) is 21.3 Å². The number of Topliss-reactive ketones (excluding diaryl/α,β-unsaturated/α-hetero) is 1. The molecule has 3 atom stereocenters. The molecule has 2 fully saturated rings. The molecule has 1 aromatic rings. The van der Waals surface area contributed by atoms with Gasteiger partial charge in [-0.1, -0.05) is 30.5 Å². The van der Waals surface area contributed by atoms with Gasteiger partial charge in [0, 0.05) is 34.7 Å². The monoisotopic (exact) mass is 548 g/mol. The molecular weight excluding hydrogens is 515 g/mol. The summed E-state index contributed by atoms with van der Waals surface area (Å²) < 4.78 is 14.0. The van der Waals surface area contributed by atoms with Crippen LogP contribution in [0.25, 0.3) is 6.08 Å². The Labute approximate surface area is 226 Å². The van der Waals surface area contributed by atoms with E-state index in [1.54, 1.807) is 20.8 Å². The van der Waals surface area contributed by atoms with Crippen molar-refractivity contribution in [2.24, 2.45) is 11.8 Å². The second-order valence-corrected chi connectivity index (χ2v) is 11.3. The van der Waals surface area contributed by atoms with Gasteiger partial charge in [0.15, 0.2) is 0 Å². The number of hydrogen-bond acceptors (Lipinski definition) is 5. The molecule has 1 saturated heterocycles. The van der Waals surface area contributed by atoms with E-state index in [9.17, 15) is 28.4 Å². The van der Waals surface area contributed by atoms with E-state index >= 15 is 0 Å². The second kappa shape index (κ2) is 12.5. The summed E-state index contributed by atoms with van der Waals surface area (Å²) in [6.45, 7) is 5.62. The summed E-state index contributed by atoms with van der Waals surface area (Å²) in [7, 11) is 0. The van der Waals surface area contributed by atoms with Gasteiger partial charge < -0.3 is 21.3 Å². The Morgan fingerprint density at radius 2 is 1.82 bits per heavy atom. The van der Waals surface area contributed by atoms with Crippen molar-refractivity contribution in [2.45, 2.75) is 70.5 Å². The number of carbonyl (C=O) groups excluding carboxylic acids is 5. The van der Waals surface area contributed by atoms with Gasteiger partial charge in [-0.15, -0.1) is 0 Å². The van der Waals surface area contributed by atoms with Crippen LogP contribution in [0, 0.1) is 17.7 Å². The van der Waals surface area contributed by atoms with Gasteiger partial charge in [-0.05, 0) is 64.2 Å². The van der Waals surface area contributed by atoms with Gasteiger partial charge in [-0.3, -0.25) is 24.0 Å². The fourth-order valence-corrected chi connectivity index (χ4v) is 4.32. The SMILES string of the molecule is CC(C)(C)NC(=O)C(=O)C(CC1CCNC1=O)NC(=O)[C@H](CC1CC1)NC(=O)/C=C/c1ccc(Cl)cc1F. The minimum absolute atomic E-state index is 0.0339. The average molecular weight is 549 g/mol. The maximum atomic E-state index is 14.0. The number of hydrogen-bond donors (Lipinski definition) is 4. The lowest BCUT2D eigenvalue weighted by Gasteiger charge is -2.25. The maximum absolute atomic E-state index is 14.0. The molecule has 9 nitrogen and oxygen atoms in total. The minimum Gasteiger partial charge on any atom is -0.356 e. The van der Waals surface area contributed by atoms with Crippen LogP contribution in [0.2, 0.25) is 5.02 Å². The summed E-state index contributed by atoms with van der Waals surface area (Å²) in [5, 5.41) is 10.7. The van der Waals surface area contributed by atoms with E-state index in [1.807, 2.05) is 0 Å². The van der Waals surface area contributed by atoms with Gasteiger partial charge in [-0.25, -0.2) is 4.39 Å². The van der Waals surface area contributed by atoms with E-state index in [4.69, 9.17) is 11.6 Å². The third-order valence-electron chi connectivity index (χ3n) is 6.30. The lowest BCUT2D eigenvalue weighted by molar-refractivity contribution is -0.141. The first-order valence-electron chi connectivity index (χ1n) is 12.7. The van der Waals surface area contributed by atoms with Crippen LogP contribution in [-0.2, 0) is 24.0 Å². The Bertz CT molecular complexity index is 1130. The number of halogens is 2. The molecule has 1 saturated carbocycles. The van der Waals surface area contributed by atoms with E-state index < -0.39 is 52.9 Å². The molecule has 4 amide bonds. The fourth-order valence-electron chi connectivity index (χ4n) is 4.16. The van der Waals surface area contributed by atoms with E-state index in [-0.39, 0.29) is 28.8 Å². The Hall–Kier alpha value is -3.27. The van der Waals surface area contributed by atoms with E-state index in [0.29, 0.717) is 19.4 Å². The van der Waals surface area contributed by atoms with E-state index in [2.05, 4.69) is 21.3 Å². The molecule has 1 aliphatic heterocycles. The van der Waals surface area contributed by atoms with Gasteiger partial charge >= 0.3 is 0 Å². The number of nitrogens with one attached hydrogen (secondary N) is 4. The first kappa shape index (κ1) is 29.3. The Morgan fingerprint density at radius 1 is 1.11 bits per heavy atom. The van der Waals surface area contributed by atoms with Gasteiger partial charge in [0.1, 0.15) is 11.9 Å². The van der Waals surface area contributed by atoms with Crippen molar-refractivity contribution in [3.8, 4) is 0 Å². The summed E-state index contributed by atoms with van der Waals surface area (Å²) in [5.74, 6) is -4.10. The molecule has 38 heavy (non-hydrogen) atoms. The molecule has 3 rings (SSSR count). The highest BCUT2D eigenvalue weighted by molar-refractivity contribution is 6.38. The Kier molecular flexibility index (Phi) is 9.65. The van der Waals surface area contributed by atoms with Crippen molar-refractivity contribution in [3.63, 3.8) is 0 Å². The number of ketones is 1. The van der Waals surface area contributed by atoms with Crippen molar-refractivity contribution in [1.29, 1.82) is 0 Å². The van der Waals surface area contributed by atoms with Crippen molar-refractivity contribution < 1.29 is 28.4 Å². The fraction of sp³-hybridized carbons (Fsp3) is 0.519. The summed E-state index contributed by atoms with van der Waals surface area (Å²) >= 11 is 5.75. The molecule has 0 spiro atoms. The van der Waals surface area contributed by atoms with Crippen LogP contribution < -0.4 is 21.3 Å². The van der Waals surface area contributed by atoms with Crippen LogP contribution in [0.3, 0.4) is 0 Å². The summed E-state index contributed by atoms with van der Waals surface area (Å²) in [6, 6.07) is 1.82. The largest absolute Gasteiger partial charge is 0.356 e. The van der Waals surface area contributed by atoms with Gasteiger partial charge in [-0.2, -0.15) is 0 Å². The van der Waals surface area contributed by atoms with Crippen LogP contribution in [0.5, 0.6) is 0 Å². The summed E-state index contributed by atoms with van der Waals surface area (Å²) in [6.07, 6.45) is 4.99. The molecule has 0 aromatic heterocycles. The lowest BCUT2D eigenvalue weighted by Crippen LogP contribution is -2.56. The molecule has 2 aliphatic rings. The van der Waals surface area contributed by atoms with Crippen LogP contribution >= 0.6 is 11.6 Å². The summed E-state index contributed by atoms with van der Waals surface area (Å²) in [5.41, 5.74) is -0.525. The Balaban J connectivity index is 1.72. The van der Waals surface area contributed by atoms with Crippen molar-refractivity contribution >= 4 is 47.1 Å². The highest BCUT2D eigenvalue weighted by atomic mass is 35.5. The predicted octanol–water partition coefficient (Wildman–Crippen LogP) is 2.27. The highest BCUT2D eigenvalue weighted by Gasteiger charge is 2.37. The highest BCUT2D eigenvalue weighted by Crippen LogP contribution is 2.33. The molecule has 1 aliphatic carbocycles. The maximum Gasteiger partial charge on any atom is 0.290 e. The van der Waals surface area contributed by atoms with Gasteiger partial charge in [0.25, 0.3) is 5.91 Å². The molecular formula is C27H34ClFN4O5. The number of rotatable bonds is 11. The number of amides is 4. The molecule has 1 aromatic carbocycles. The van der Waals surface area contributed by atoms with Crippen LogP contribution in [0.1, 0.15) is 58.4 Å². The molecule has 1 heterocycles. The van der Waals surface area contributed by atoms with E-state index in [0.717, 1.165) is 25.0 Å². The van der Waals surface area contributed by atoms with E-state index in [1.165, 1.54) is 18.2 Å². The Morgan fingerprint density at radius 3 is 2.39 bits per heavy atom. The van der Waals surface area contributed by atoms with Gasteiger partial charge in [0.05, 0.1) is 6.04 Å².